The van der Waals surface area contributed by atoms with Crippen LogP contribution in [0.2, 0.25) is 0 Å². The zero-order chi connectivity index (χ0) is 21.6. The third-order valence-corrected chi connectivity index (χ3v) is 8.79. The summed E-state index contributed by atoms with van der Waals surface area (Å²) in [5.74, 6) is -0.987. The van der Waals surface area contributed by atoms with Crippen molar-refractivity contribution >= 4 is 44.6 Å². The number of aliphatic hydroxyl groups is 1. The fourth-order valence-electron chi connectivity index (χ4n) is 4.11. The average molecular weight is 462 g/mol. The van der Waals surface area contributed by atoms with Gasteiger partial charge in [-0.1, -0.05) is 31.5 Å². The Labute approximate surface area is 181 Å². The van der Waals surface area contributed by atoms with E-state index in [4.69, 9.17) is 23.2 Å². The van der Waals surface area contributed by atoms with Gasteiger partial charge in [0.2, 0.25) is 0 Å². The Kier molecular flexibility index (Phi) is 6.35. The first kappa shape index (κ1) is 22.5. The van der Waals surface area contributed by atoms with Crippen LogP contribution in [0.3, 0.4) is 0 Å². The summed E-state index contributed by atoms with van der Waals surface area (Å²) in [5, 5.41) is 9.89. The van der Waals surface area contributed by atoms with Crippen LogP contribution >= 0.6 is 23.2 Å². The van der Waals surface area contributed by atoms with Gasteiger partial charge < -0.3 is 10.0 Å². The monoisotopic (exact) mass is 461 g/mol. The molecule has 1 saturated heterocycles. The van der Waals surface area contributed by atoms with E-state index in [0.717, 1.165) is 0 Å². The average Bonchev–Trinajstić information content (AvgIpc) is 2.61. The van der Waals surface area contributed by atoms with E-state index < -0.39 is 26.4 Å². The third-order valence-electron chi connectivity index (χ3n) is 5.91. The molecule has 1 fully saturated rings. The molecule has 2 aliphatic carbocycles. The number of rotatable bonds is 4. The highest BCUT2D eigenvalue weighted by molar-refractivity contribution is 7.91. The number of hydrogen-bond acceptors (Lipinski definition) is 6. The maximum atomic E-state index is 13.1. The van der Waals surface area contributed by atoms with Gasteiger partial charge in [0.05, 0.1) is 16.9 Å². The SMILES string of the molecule is CC1CC(=O)C(C(=O)C2=CC=C(Cl)C(C)(CN3CCS(=O)(=O)CC3)C2Cl)=C(O)C1. The van der Waals surface area contributed by atoms with Gasteiger partial charge in [0, 0.05) is 48.5 Å². The van der Waals surface area contributed by atoms with Crippen LogP contribution in [0.15, 0.2) is 34.1 Å². The van der Waals surface area contributed by atoms with Crippen molar-refractivity contribution < 1.29 is 23.1 Å². The molecular formula is C20H25Cl2NO5S. The number of Topliss-reactive ketones (excluding diaryl/α,β-unsaturated/α-hetero) is 2. The number of carbonyl (C=O) groups excluding carboxylic acids is 2. The summed E-state index contributed by atoms with van der Waals surface area (Å²) in [4.78, 5) is 27.5. The van der Waals surface area contributed by atoms with Crippen molar-refractivity contribution in [1.82, 2.24) is 4.90 Å². The Morgan fingerprint density at radius 2 is 1.90 bits per heavy atom. The number of halogens is 2. The minimum atomic E-state index is -3.02. The lowest BCUT2D eigenvalue weighted by atomic mass is 9.75. The molecule has 9 heteroatoms. The zero-order valence-corrected chi connectivity index (χ0v) is 18.8. The predicted octanol–water partition coefficient (Wildman–Crippen LogP) is 2.77. The molecule has 0 amide bonds. The van der Waals surface area contributed by atoms with Gasteiger partial charge in [-0.05, 0) is 12.0 Å². The van der Waals surface area contributed by atoms with Gasteiger partial charge in [-0.15, -0.1) is 11.6 Å². The summed E-state index contributed by atoms with van der Waals surface area (Å²) in [6.07, 6.45) is 3.60. The van der Waals surface area contributed by atoms with E-state index in [1.54, 1.807) is 6.08 Å². The van der Waals surface area contributed by atoms with Crippen molar-refractivity contribution in [3.63, 3.8) is 0 Å². The van der Waals surface area contributed by atoms with Gasteiger partial charge in [-0.3, -0.25) is 9.59 Å². The smallest absolute Gasteiger partial charge is 0.197 e. The molecular weight excluding hydrogens is 437 g/mol. The summed E-state index contributed by atoms with van der Waals surface area (Å²) in [5.41, 5.74) is -0.795. The zero-order valence-electron chi connectivity index (χ0n) is 16.5. The van der Waals surface area contributed by atoms with Gasteiger partial charge in [0.15, 0.2) is 21.4 Å². The number of ketones is 2. The van der Waals surface area contributed by atoms with Crippen molar-refractivity contribution in [2.45, 2.75) is 32.1 Å². The first-order valence-electron chi connectivity index (χ1n) is 9.59. The van der Waals surface area contributed by atoms with E-state index in [-0.39, 0.29) is 53.0 Å². The van der Waals surface area contributed by atoms with Crippen molar-refractivity contribution in [2.75, 3.05) is 31.1 Å². The van der Waals surface area contributed by atoms with Crippen LogP contribution in [-0.2, 0) is 19.4 Å². The van der Waals surface area contributed by atoms with Crippen molar-refractivity contribution in [2.24, 2.45) is 11.3 Å². The van der Waals surface area contributed by atoms with E-state index >= 15 is 0 Å². The largest absolute Gasteiger partial charge is 0.511 e. The number of aliphatic hydroxyl groups excluding tert-OH is 1. The summed E-state index contributed by atoms with van der Waals surface area (Å²) in [7, 11) is -3.02. The lowest BCUT2D eigenvalue weighted by Crippen LogP contribution is -2.49. The Balaban J connectivity index is 1.85. The standard InChI is InChI=1S/C20H25Cl2NO5S/c1-12-9-14(24)17(15(25)10-12)18(26)13-3-4-16(21)20(2,19(13)22)11-23-5-7-29(27,28)8-6-23/h3-4,12,19,24H,5-11H2,1-2H3. The second kappa shape index (κ2) is 8.17. The molecule has 160 valence electrons. The van der Waals surface area contributed by atoms with Crippen LogP contribution in [0, 0.1) is 11.3 Å². The third kappa shape index (κ3) is 4.48. The Hall–Kier alpha value is -1.15. The summed E-state index contributed by atoms with van der Waals surface area (Å²) < 4.78 is 23.4. The molecule has 0 bridgehead atoms. The highest BCUT2D eigenvalue weighted by Crippen LogP contribution is 2.45. The second-order valence-electron chi connectivity index (χ2n) is 8.43. The first-order chi connectivity index (χ1) is 13.4. The molecule has 0 aromatic rings. The van der Waals surface area contributed by atoms with E-state index in [1.807, 2.05) is 18.7 Å². The molecule has 0 aromatic carbocycles. The lowest BCUT2D eigenvalue weighted by Gasteiger charge is -2.42. The first-order valence-corrected chi connectivity index (χ1v) is 12.2. The van der Waals surface area contributed by atoms with Crippen LogP contribution in [0.25, 0.3) is 0 Å². The summed E-state index contributed by atoms with van der Waals surface area (Å²) >= 11 is 13.2. The molecule has 3 unspecified atom stereocenters. The molecule has 3 aliphatic rings. The number of sulfone groups is 1. The van der Waals surface area contributed by atoms with Gasteiger partial charge in [-0.2, -0.15) is 0 Å². The Bertz CT molecular complexity index is 923. The normalized spacial score (nSPS) is 33.3. The van der Waals surface area contributed by atoms with E-state index in [0.29, 0.717) is 24.7 Å². The maximum absolute atomic E-state index is 13.1. The highest BCUT2D eigenvalue weighted by Gasteiger charge is 2.45. The van der Waals surface area contributed by atoms with Crippen LogP contribution in [0.1, 0.15) is 26.7 Å². The molecule has 1 heterocycles. The number of nitrogens with zero attached hydrogens (tertiary/aromatic N) is 1. The Morgan fingerprint density at radius 3 is 2.48 bits per heavy atom. The lowest BCUT2D eigenvalue weighted by molar-refractivity contribution is -0.121. The molecule has 6 nitrogen and oxygen atoms in total. The van der Waals surface area contributed by atoms with E-state index in [2.05, 4.69) is 0 Å². The van der Waals surface area contributed by atoms with Gasteiger partial charge >= 0.3 is 0 Å². The van der Waals surface area contributed by atoms with Crippen LogP contribution < -0.4 is 0 Å². The molecule has 0 aromatic heterocycles. The fraction of sp³-hybridized carbons (Fsp3) is 0.600. The molecule has 0 radical (unpaired) electrons. The minimum Gasteiger partial charge on any atom is -0.511 e. The molecule has 0 saturated carbocycles. The summed E-state index contributed by atoms with van der Waals surface area (Å²) in [6.45, 7) is 4.80. The number of hydrogen-bond donors (Lipinski definition) is 1. The molecule has 3 rings (SSSR count). The predicted molar refractivity (Wildman–Crippen MR) is 113 cm³/mol. The van der Waals surface area contributed by atoms with E-state index in [1.165, 1.54) is 6.08 Å². The number of carbonyl (C=O) groups is 2. The van der Waals surface area contributed by atoms with Gasteiger partial charge in [0.25, 0.3) is 0 Å². The van der Waals surface area contributed by atoms with Crippen molar-refractivity contribution in [1.29, 1.82) is 0 Å². The molecule has 29 heavy (non-hydrogen) atoms. The fourth-order valence-corrected chi connectivity index (χ4v) is 6.03. The van der Waals surface area contributed by atoms with Gasteiger partial charge in [0.1, 0.15) is 11.3 Å². The molecule has 3 atom stereocenters. The molecule has 1 aliphatic heterocycles. The van der Waals surface area contributed by atoms with Crippen LogP contribution in [-0.4, -0.2) is 66.5 Å². The molecule has 1 N–H and O–H groups in total. The number of alkyl halides is 1. The van der Waals surface area contributed by atoms with Crippen LogP contribution in [0.5, 0.6) is 0 Å². The summed E-state index contributed by atoms with van der Waals surface area (Å²) in [6, 6.07) is 0. The highest BCUT2D eigenvalue weighted by atomic mass is 35.5. The van der Waals surface area contributed by atoms with E-state index in [9.17, 15) is 23.1 Å². The minimum absolute atomic E-state index is 0.0128. The topological polar surface area (TPSA) is 91.8 Å². The van der Waals surface area contributed by atoms with Crippen molar-refractivity contribution in [3.05, 3.63) is 34.1 Å². The quantitative estimate of drug-likeness (QED) is 0.511. The van der Waals surface area contributed by atoms with Crippen LogP contribution in [0.4, 0.5) is 0 Å². The maximum Gasteiger partial charge on any atom is 0.197 e. The van der Waals surface area contributed by atoms with Gasteiger partial charge in [-0.25, -0.2) is 8.42 Å². The molecule has 0 spiro atoms. The van der Waals surface area contributed by atoms with Crippen molar-refractivity contribution in [3.8, 4) is 0 Å². The Morgan fingerprint density at radius 1 is 1.28 bits per heavy atom. The number of allylic oxidation sites excluding steroid dienone is 5. The second-order valence-corrected chi connectivity index (χ2v) is 11.6.